The molecule has 0 aliphatic rings. The lowest BCUT2D eigenvalue weighted by molar-refractivity contribution is -0.134. The minimum absolute atomic E-state index is 0.326. The van der Waals surface area contributed by atoms with Crippen molar-refractivity contribution < 1.29 is 9.53 Å². The van der Waals surface area contributed by atoms with Gasteiger partial charge in [0.05, 0.1) is 7.11 Å². The Hall–Kier alpha value is -1.57. The molecule has 0 amide bonds. The molecule has 0 aliphatic carbocycles. The maximum atomic E-state index is 10.9. The minimum Gasteiger partial charge on any atom is -0.466 e. The first-order valence-corrected chi connectivity index (χ1v) is 4.47. The highest BCUT2D eigenvalue weighted by Crippen LogP contribution is 2.14. The van der Waals surface area contributed by atoms with Gasteiger partial charge in [-0.3, -0.25) is 0 Å². The predicted molar refractivity (Wildman–Crippen MR) is 57.0 cm³/mol. The van der Waals surface area contributed by atoms with Gasteiger partial charge in [-0.2, -0.15) is 0 Å². The fourth-order valence-electron chi connectivity index (χ4n) is 1.31. The Morgan fingerprint density at radius 3 is 2.36 bits per heavy atom. The Kier molecular flexibility index (Phi) is 3.46. The molecule has 0 heterocycles. The lowest BCUT2D eigenvalue weighted by Crippen LogP contribution is -1.94. The van der Waals surface area contributed by atoms with Crippen LogP contribution in [0.25, 0.3) is 6.08 Å². The summed E-state index contributed by atoms with van der Waals surface area (Å²) in [4.78, 5) is 10.9. The molecule has 2 nitrogen and oxygen atoms in total. The van der Waals surface area contributed by atoms with Crippen LogP contribution in [-0.4, -0.2) is 13.1 Å². The summed E-state index contributed by atoms with van der Waals surface area (Å²) in [6, 6.07) is 6.04. The van der Waals surface area contributed by atoms with Crippen LogP contribution in [0.3, 0.4) is 0 Å². The van der Waals surface area contributed by atoms with Gasteiger partial charge in [-0.05, 0) is 36.6 Å². The molecule has 0 atom stereocenters. The summed E-state index contributed by atoms with van der Waals surface area (Å²) < 4.78 is 4.53. The number of esters is 1. The molecule has 0 aliphatic heterocycles. The van der Waals surface area contributed by atoms with E-state index in [1.807, 2.05) is 32.0 Å². The van der Waals surface area contributed by atoms with Gasteiger partial charge in [-0.15, -0.1) is 0 Å². The zero-order valence-electron chi connectivity index (χ0n) is 8.70. The molecule has 0 aromatic heterocycles. The highest BCUT2D eigenvalue weighted by Gasteiger charge is 1.98. The SMILES string of the molecule is COC(=O)/C=C\c1c(C)cccc1C. The summed E-state index contributed by atoms with van der Waals surface area (Å²) in [5.41, 5.74) is 3.40. The van der Waals surface area contributed by atoms with E-state index in [1.165, 1.54) is 13.2 Å². The minimum atomic E-state index is -0.326. The van der Waals surface area contributed by atoms with Crippen molar-refractivity contribution in [1.29, 1.82) is 0 Å². The molecule has 74 valence electrons. The summed E-state index contributed by atoms with van der Waals surface area (Å²) in [6.45, 7) is 4.04. The monoisotopic (exact) mass is 190 g/mol. The van der Waals surface area contributed by atoms with E-state index >= 15 is 0 Å². The Balaban J connectivity index is 2.96. The van der Waals surface area contributed by atoms with E-state index in [0.717, 1.165) is 16.7 Å². The Morgan fingerprint density at radius 1 is 1.29 bits per heavy atom. The normalized spacial score (nSPS) is 10.5. The molecule has 0 radical (unpaired) electrons. The van der Waals surface area contributed by atoms with Crippen LogP contribution in [0, 0.1) is 13.8 Å². The third-order valence-electron chi connectivity index (χ3n) is 2.13. The predicted octanol–water partition coefficient (Wildman–Crippen LogP) is 2.49. The quantitative estimate of drug-likeness (QED) is 0.529. The van der Waals surface area contributed by atoms with Crippen molar-refractivity contribution >= 4 is 12.0 Å². The van der Waals surface area contributed by atoms with Crippen LogP contribution in [0.15, 0.2) is 24.3 Å². The van der Waals surface area contributed by atoms with Crippen molar-refractivity contribution in [2.75, 3.05) is 7.11 Å². The molecular weight excluding hydrogens is 176 g/mol. The number of ether oxygens (including phenoxy) is 1. The van der Waals surface area contributed by atoms with Crippen molar-refractivity contribution in [1.82, 2.24) is 0 Å². The number of aryl methyl sites for hydroxylation is 2. The zero-order chi connectivity index (χ0) is 10.6. The van der Waals surface area contributed by atoms with Crippen LogP contribution in [0.5, 0.6) is 0 Å². The summed E-state index contributed by atoms with van der Waals surface area (Å²) >= 11 is 0. The van der Waals surface area contributed by atoms with Crippen LogP contribution >= 0.6 is 0 Å². The van der Waals surface area contributed by atoms with Crippen LogP contribution in [0.1, 0.15) is 16.7 Å². The van der Waals surface area contributed by atoms with Gasteiger partial charge in [0, 0.05) is 6.08 Å². The summed E-state index contributed by atoms with van der Waals surface area (Å²) in [5, 5.41) is 0. The van der Waals surface area contributed by atoms with Crippen LogP contribution in [0.4, 0.5) is 0 Å². The molecule has 1 aromatic rings. The first-order chi connectivity index (χ1) is 6.65. The first kappa shape index (κ1) is 10.5. The van der Waals surface area contributed by atoms with E-state index in [-0.39, 0.29) is 5.97 Å². The fourth-order valence-corrected chi connectivity index (χ4v) is 1.31. The molecule has 0 unspecified atom stereocenters. The first-order valence-electron chi connectivity index (χ1n) is 4.47. The molecule has 1 rings (SSSR count). The van der Waals surface area contributed by atoms with Gasteiger partial charge >= 0.3 is 5.97 Å². The van der Waals surface area contributed by atoms with Gasteiger partial charge in [0.15, 0.2) is 0 Å². The van der Waals surface area contributed by atoms with Crippen LogP contribution < -0.4 is 0 Å². The maximum absolute atomic E-state index is 10.9. The summed E-state index contributed by atoms with van der Waals surface area (Å²) in [5.74, 6) is -0.326. The molecule has 2 heteroatoms. The molecule has 14 heavy (non-hydrogen) atoms. The molecule has 0 spiro atoms. The Morgan fingerprint density at radius 2 is 1.86 bits per heavy atom. The Bertz CT molecular complexity index is 344. The molecule has 0 N–H and O–H groups in total. The van der Waals surface area contributed by atoms with Gasteiger partial charge < -0.3 is 4.74 Å². The lowest BCUT2D eigenvalue weighted by atomic mass is 10.0. The third-order valence-corrected chi connectivity index (χ3v) is 2.13. The van der Waals surface area contributed by atoms with Crippen molar-refractivity contribution in [3.63, 3.8) is 0 Å². The van der Waals surface area contributed by atoms with Gasteiger partial charge in [-0.1, -0.05) is 18.2 Å². The van der Waals surface area contributed by atoms with Crippen molar-refractivity contribution in [2.45, 2.75) is 13.8 Å². The molecular formula is C12H14O2. The van der Waals surface area contributed by atoms with E-state index in [0.29, 0.717) is 0 Å². The largest absolute Gasteiger partial charge is 0.466 e. The molecule has 0 bridgehead atoms. The maximum Gasteiger partial charge on any atom is 0.330 e. The number of methoxy groups -OCH3 is 1. The standard InChI is InChI=1S/C12H14O2/c1-9-5-4-6-10(2)11(9)7-8-12(13)14-3/h4-8H,1-3H3/b8-7-. The van der Waals surface area contributed by atoms with Crippen molar-refractivity contribution in [2.24, 2.45) is 0 Å². The van der Waals surface area contributed by atoms with Crippen molar-refractivity contribution in [3.8, 4) is 0 Å². The highest BCUT2D eigenvalue weighted by molar-refractivity contribution is 5.87. The van der Waals surface area contributed by atoms with E-state index in [4.69, 9.17) is 0 Å². The number of hydrogen-bond acceptors (Lipinski definition) is 2. The lowest BCUT2D eigenvalue weighted by Gasteiger charge is -2.03. The topological polar surface area (TPSA) is 26.3 Å². The van der Waals surface area contributed by atoms with Gasteiger partial charge in [-0.25, -0.2) is 4.79 Å². The summed E-state index contributed by atoms with van der Waals surface area (Å²) in [7, 11) is 1.37. The molecule has 1 aromatic carbocycles. The second-order valence-electron chi connectivity index (χ2n) is 3.16. The average Bonchev–Trinajstić information content (AvgIpc) is 2.16. The third kappa shape index (κ3) is 2.46. The molecule has 0 fully saturated rings. The number of carbonyl (C=O) groups excluding carboxylic acids is 1. The molecule has 0 saturated heterocycles. The Labute approximate surface area is 84.2 Å². The van der Waals surface area contributed by atoms with Gasteiger partial charge in [0.1, 0.15) is 0 Å². The van der Waals surface area contributed by atoms with Crippen LogP contribution in [-0.2, 0) is 9.53 Å². The van der Waals surface area contributed by atoms with Crippen LogP contribution in [0.2, 0.25) is 0 Å². The second-order valence-corrected chi connectivity index (χ2v) is 3.16. The average molecular weight is 190 g/mol. The second kappa shape index (κ2) is 4.61. The zero-order valence-corrected chi connectivity index (χ0v) is 8.70. The van der Waals surface area contributed by atoms with E-state index in [1.54, 1.807) is 6.08 Å². The summed E-state index contributed by atoms with van der Waals surface area (Å²) in [6.07, 6.45) is 3.23. The number of benzene rings is 1. The number of rotatable bonds is 2. The number of carbonyl (C=O) groups is 1. The van der Waals surface area contributed by atoms with Gasteiger partial charge in [0.2, 0.25) is 0 Å². The van der Waals surface area contributed by atoms with E-state index in [2.05, 4.69) is 4.74 Å². The van der Waals surface area contributed by atoms with Crippen molar-refractivity contribution in [3.05, 3.63) is 41.0 Å². The molecule has 0 saturated carbocycles. The van der Waals surface area contributed by atoms with E-state index in [9.17, 15) is 4.79 Å². The number of hydrogen-bond donors (Lipinski definition) is 0. The highest BCUT2D eigenvalue weighted by atomic mass is 16.5. The smallest absolute Gasteiger partial charge is 0.330 e. The van der Waals surface area contributed by atoms with Gasteiger partial charge in [0.25, 0.3) is 0 Å². The fraction of sp³-hybridized carbons (Fsp3) is 0.250. The van der Waals surface area contributed by atoms with E-state index < -0.39 is 0 Å².